The average molecular weight is 433 g/mol. The molecule has 0 aliphatic carbocycles. The highest BCUT2D eigenvalue weighted by molar-refractivity contribution is 7.80. The molecule has 11 heteroatoms. The Hall–Kier alpha value is -3.52. The van der Waals surface area contributed by atoms with Crippen molar-refractivity contribution < 1.29 is 18.1 Å². The number of benzene rings is 2. The first-order valence-electron chi connectivity index (χ1n) is 8.53. The number of fused-ring (bicyclic) bond motifs is 1. The van der Waals surface area contributed by atoms with Crippen LogP contribution in [0.25, 0.3) is 10.9 Å². The van der Waals surface area contributed by atoms with Crippen molar-refractivity contribution in [2.75, 3.05) is 0 Å². The maximum absolute atomic E-state index is 12.7. The van der Waals surface area contributed by atoms with E-state index in [0.29, 0.717) is 16.5 Å². The number of non-ortho nitro benzene ring substituents is 1. The number of nitro groups is 1. The molecule has 30 heavy (non-hydrogen) atoms. The average Bonchev–Trinajstić information content (AvgIpc) is 3.08. The van der Waals surface area contributed by atoms with Crippen LogP contribution in [0.5, 0.6) is 0 Å². The van der Waals surface area contributed by atoms with Crippen molar-refractivity contribution in [2.24, 2.45) is 0 Å². The van der Waals surface area contributed by atoms with Crippen LogP contribution in [-0.2, 0) is 12.7 Å². The number of thiocarbonyl (C=S) groups is 1. The van der Waals surface area contributed by atoms with Crippen molar-refractivity contribution in [3.05, 3.63) is 69.9 Å². The third-order valence-electron chi connectivity index (χ3n) is 4.34. The largest absolute Gasteiger partial charge is 0.416 e. The van der Waals surface area contributed by atoms with Crippen molar-refractivity contribution in [3.8, 4) is 6.07 Å². The quantitative estimate of drug-likeness (QED) is 0.368. The van der Waals surface area contributed by atoms with E-state index in [4.69, 9.17) is 12.2 Å². The molecule has 1 heterocycles. The molecule has 1 aromatic heterocycles. The van der Waals surface area contributed by atoms with E-state index in [-0.39, 0.29) is 17.2 Å². The van der Waals surface area contributed by atoms with E-state index in [2.05, 4.69) is 16.5 Å². The lowest BCUT2D eigenvalue weighted by Gasteiger charge is -2.25. The van der Waals surface area contributed by atoms with Gasteiger partial charge < -0.3 is 5.32 Å². The SMILES string of the molecule is CC(C#N)(Cn1cc2cc([N+](=O)[O-])ccc2n1)NC(=S)c1ccc(C(F)(F)F)cc1. The van der Waals surface area contributed by atoms with Gasteiger partial charge in [-0.2, -0.15) is 23.5 Å². The number of nitrogens with zero attached hydrogens (tertiary/aromatic N) is 4. The molecule has 0 saturated heterocycles. The molecule has 3 aromatic rings. The Labute approximate surface area is 173 Å². The second-order valence-corrected chi connectivity index (χ2v) is 7.21. The highest BCUT2D eigenvalue weighted by atomic mass is 32.1. The first-order chi connectivity index (χ1) is 14.0. The third-order valence-corrected chi connectivity index (χ3v) is 4.67. The first kappa shape index (κ1) is 21.2. The van der Waals surface area contributed by atoms with Gasteiger partial charge in [-0.05, 0) is 25.1 Å². The molecule has 1 unspecified atom stereocenters. The van der Waals surface area contributed by atoms with Gasteiger partial charge in [0.1, 0.15) is 10.5 Å². The summed E-state index contributed by atoms with van der Waals surface area (Å²) >= 11 is 5.25. The Morgan fingerprint density at radius 1 is 1.30 bits per heavy atom. The zero-order valence-electron chi connectivity index (χ0n) is 15.5. The van der Waals surface area contributed by atoms with Crippen LogP contribution < -0.4 is 5.32 Å². The number of alkyl halides is 3. The lowest BCUT2D eigenvalue weighted by molar-refractivity contribution is -0.384. The molecular formula is C19H14F3N5O2S. The summed E-state index contributed by atoms with van der Waals surface area (Å²) < 4.78 is 39.6. The van der Waals surface area contributed by atoms with Crippen molar-refractivity contribution >= 4 is 33.8 Å². The summed E-state index contributed by atoms with van der Waals surface area (Å²) in [5, 5.41) is 28.2. The summed E-state index contributed by atoms with van der Waals surface area (Å²) in [5.74, 6) is 0. The van der Waals surface area contributed by atoms with Crippen LogP contribution in [0.3, 0.4) is 0 Å². The number of rotatable bonds is 5. The molecular weight excluding hydrogens is 419 g/mol. The lowest BCUT2D eigenvalue weighted by atomic mass is 10.0. The molecule has 154 valence electrons. The molecule has 0 fully saturated rings. The highest BCUT2D eigenvalue weighted by Gasteiger charge is 2.31. The predicted molar refractivity (Wildman–Crippen MR) is 107 cm³/mol. The number of aromatic nitrogens is 2. The second kappa shape index (κ2) is 7.72. The number of hydrogen-bond acceptors (Lipinski definition) is 5. The van der Waals surface area contributed by atoms with Crippen molar-refractivity contribution in [3.63, 3.8) is 0 Å². The number of halogens is 3. The van der Waals surface area contributed by atoms with Crippen molar-refractivity contribution in [2.45, 2.75) is 25.2 Å². The monoisotopic (exact) mass is 433 g/mol. The van der Waals surface area contributed by atoms with Crippen molar-refractivity contribution in [1.29, 1.82) is 5.26 Å². The molecule has 0 radical (unpaired) electrons. The maximum Gasteiger partial charge on any atom is 0.416 e. The minimum atomic E-state index is -4.45. The fourth-order valence-electron chi connectivity index (χ4n) is 2.82. The molecule has 3 rings (SSSR count). The van der Waals surface area contributed by atoms with Gasteiger partial charge >= 0.3 is 6.18 Å². The van der Waals surface area contributed by atoms with Gasteiger partial charge in [0.05, 0.1) is 28.6 Å². The second-order valence-electron chi connectivity index (χ2n) is 6.80. The van der Waals surface area contributed by atoms with Gasteiger partial charge in [0.15, 0.2) is 0 Å². The summed E-state index contributed by atoms with van der Waals surface area (Å²) in [6.45, 7) is 1.62. The van der Waals surface area contributed by atoms with Gasteiger partial charge in [-0.3, -0.25) is 14.8 Å². The summed E-state index contributed by atoms with van der Waals surface area (Å²) in [6.07, 6.45) is -2.88. The Kier molecular flexibility index (Phi) is 5.45. The zero-order chi connectivity index (χ0) is 22.1. The fourth-order valence-corrected chi connectivity index (χ4v) is 3.18. The normalized spacial score (nSPS) is 13.4. The Bertz CT molecular complexity index is 1170. The van der Waals surface area contributed by atoms with Crippen LogP contribution in [0.1, 0.15) is 18.1 Å². The van der Waals surface area contributed by atoms with E-state index < -0.39 is 22.2 Å². The molecule has 0 aliphatic heterocycles. The van der Waals surface area contributed by atoms with Gasteiger partial charge in [-0.15, -0.1) is 0 Å². The number of hydrogen-bond donors (Lipinski definition) is 1. The van der Waals surface area contributed by atoms with Crippen LogP contribution in [-0.4, -0.2) is 25.2 Å². The predicted octanol–water partition coefficient (Wildman–Crippen LogP) is 4.21. The van der Waals surface area contributed by atoms with Gasteiger partial charge in [0, 0.05) is 29.3 Å². The van der Waals surface area contributed by atoms with E-state index >= 15 is 0 Å². The van der Waals surface area contributed by atoms with Crippen molar-refractivity contribution in [1.82, 2.24) is 15.1 Å². The van der Waals surface area contributed by atoms with E-state index in [1.165, 1.54) is 35.0 Å². The number of nitrogens with one attached hydrogen (secondary N) is 1. The molecule has 0 amide bonds. The minimum absolute atomic E-state index is 0.0484. The molecule has 1 N–H and O–H groups in total. The van der Waals surface area contributed by atoms with E-state index in [1.807, 2.05) is 0 Å². The summed E-state index contributed by atoms with van der Waals surface area (Å²) in [4.78, 5) is 10.5. The number of nitro benzene ring substituents is 1. The third kappa shape index (κ3) is 4.55. The van der Waals surface area contributed by atoms with Crippen LogP contribution in [0.4, 0.5) is 18.9 Å². The summed E-state index contributed by atoms with van der Waals surface area (Å²) in [6, 6.07) is 10.6. The Morgan fingerprint density at radius 2 is 1.97 bits per heavy atom. The summed E-state index contributed by atoms with van der Waals surface area (Å²) in [5.41, 5.74) is -1.25. The molecule has 0 bridgehead atoms. The maximum atomic E-state index is 12.7. The van der Waals surface area contributed by atoms with Gasteiger partial charge in [0.2, 0.25) is 0 Å². The smallest absolute Gasteiger partial charge is 0.357 e. The molecule has 1 atom stereocenters. The molecule has 0 saturated carbocycles. The van der Waals surface area contributed by atoms with Crippen LogP contribution in [0.15, 0.2) is 48.7 Å². The van der Waals surface area contributed by atoms with Gasteiger partial charge in [-0.1, -0.05) is 24.4 Å². The topological polar surface area (TPSA) is 96.8 Å². The van der Waals surface area contributed by atoms with Crippen LogP contribution in [0.2, 0.25) is 0 Å². The molecule has 0 spiro atoms. The van der Waals surface area contributed by atoms with E-state index in [0.717, 1.165) is 12.1 Å². The standard InChI is InChI=1S/C19H14F3N5O2S/c1-18(10-23,24-17(30)12-2-4-14(5-3-12)19(20,21)22)11-26-9-13-8-15(27(28)29)6-7-16(13)25-26/h2-9H,11H2,1H3,(H,24,30). The van der Waals surface area contributed by atoms with Crippen LogP contribution in [0, 0.1) is 21.4 Å². The van der Waals surface area contributed by atoms with Crippen LogP contribution >= 0.6 is 12.2 Å². The summed E-state index contributed by atoms with van der Waals surface area (Å²) in [7, 11) is 0. The van der Waals surface area contributed by atoms with E-state index in [1.54, 1.807) is 13.1 Å². The van der Waals surface area contributed by atoms with Gasteiger partial charge in [0.25, 0.3) is 5.69 Å². The van der Waals surface area contributed by atoms with Gasteiger partial charge in [-0.25, -0.2) is 0 Å². The Balaban J connectivity index is 1.78. The minimum Gasteiger partial charge on any atom is -0.357 e. The van der Waals surface area contributed by atoms with E-state index in [9.17, 15) is 28.5 Å². The molecule has 7 nitrogen and oxygen atoms in total. The fraction of sp³-hybridized carbons (Fsp3) is 0.211. The molecule has 2 aromatic carbocycles. The highest BCUT2D eigenvalue weighted by Crippen LogP contribution is 2.29. The molecule has 0 aliphatic rings. The first-order valence-corrected chi connectivity index (χ1v) is 8.94. The zero-order valence-corrected chi connectivity index (χ0v) is 16.3. The number of nitriles is 1. The lowest BCUT2D eigenvalue weighted by Crippen LogP contribution is -2.47. The Morgan fingerprint density at radius 3 is 2.53 bits per heavy atom.